The minimum absolute atomic E-state index is 0.0321. The Kier molecular flexibility index (Phi) is 26.8. The highest BCUT2D eigenvalue weighted by Crippen LogP contribution is 2.38. The predicted molar refractivity (Wildman–Crippen MR) is 266 cm³/mol. The SMILES string of the molecule is CCC1CC(=O)CC2(CCN(C(=O)c3ccc(OC(C)C)c(C)c3)CC2)O1.CCC1CC(=O)CC2(CCNCC2)O1.CCN(CC)CC.Cc1cc(C(=O)Cl)ccc1OC(C)C.ClCCl. The van der Waals surface area contributed by atoms with E-state index in [1.807, 2.05) is 64.6 Å². The van der Waals surface area contributed by atoms with Crippen LogP contribution >= 0.6 is 34.8 Å². The maximum atomic E-state index is 12.9. The molecule has 4 heterocycles. The van der Waals surface area contributed by atoms with Crippen LogP contribution in [0.25, 0.3) is 0 Å². The second-order valence-corrected chi connectivity index (χ2v) is 19.0. The van der Waals surface area contributed by atoms with E-state index < -0.39 is 5.24 Å². The second-order valence-electron chi connectivity index (χ2n) is 17.8. The number of hydrogen-bond donors (Lipinski definition) is 1. The van der Waals surface area contributed by atoms with Crippen molar-refractivity contribution in [1.29, 1.82) is 0 Å². The van der Waals surface area contributed by atoms with Gasteiger partial charge < -0.3 is 34.1 Å². The molecule has 1 amide bonds. The number of amides is 1. The molecule has 4 aliphatic rings. The Hall–Kier alpha value is -2.77. The fourth-order valence-corrected chi connectivity index (χ4v) is 8.59. The third-order valence-corrected chi connectivity index (χ3v) is 12.3. The molecule has 0 bridgehead atoms. The van der Waals surface area contributed by atoms with Crippen LogP contribution in [0.15, 0.2) is 36.4 Å². The van der Waals surface area contributed by atoms with E-state index in [1.54, 1.807) is 18.2 Å². The van der Waals surface area contributed by atoms with Gasteiger partial charge in [-0.2, -0.15) is 0 Å². The molecule has 4 fully saturated rings. The maximum absolute atomic E-state index is 12.9. The molecule has 2 aromatic carbocycles. The first-order valence-electron chi connectivity index (χ1n) is 23.8. The summed E-state index contributed by atoms with van der Waals surface area (Å²) in [7, 11) is 0. The highest BCUT2D eigenvalue weighted by atomic mass is 35.5. The van der Waals surface area contributed by atoms with Crippen molar-refractivity contribution in [2.75, 3.05) is 51.2 Å². The third-order valence-electron chi connectivity index (χ3n) is 12.1. The van der Waals surface area contributed by atoms with E-state index in [2.05, 4.69) is 44.8 Å². The normalized spacial score (nSPS) is 19.8. The first kappa shape index (κ1) is 58.4. The van der Waals surface area contributed by atoms with Crippen molar-refractivity contribution in [3.8, 4) is 11.5 Å². The van der Waals surface area contributed by atoms with Crippen LogP contribution in [-0.4, -0.2) is 119 Å². The van der Waals surface area contributed by atoms with Crippen LogP contribution in [0.2, 0.25) is 0 Å². The van der Waals surface area contributed by atoms with Crippen molar-refractivity contribution in [3.05, 3.63) is 58.7 Å². The molecule has 11 nitrogen and oxygen atoms in total. The lowest BCUT2D eigenvalue weighted by atomic mass is 9.82. The Bertz CT molecular complexity index is 1750. The van der Waals surface area contributed by atoms with Gasteiger partial charge in [-0.3, -0.25) is 19.2 Å². The smallest absolute Gasteiger partial charge is 0.253 e. The summed E-state index contributed by atoms with van der Waals surface area (Å²) >= 11 is 14.9. The van der Waals surface area contributed by atoms with Crippen LogP contribution in [-0.2, 0) is 19.1 Å². The number of likely N-dealkylation sites (tertiary alicyclic amines) is 1. The van der Waals surface area contributed by atoms with E-state index >= 15 is 0 Å². The van der Waals surface area contributed by atoms with Gasteiger partial charge in [0.1, 0.15) is 23.1 Å². The number of benzene rings is 2. The Morgan fingerprint density at radius 3 is 1.48 bits per heavy atom. The second kappa shape index (κ2) is 29.9. The summed E-state index contributed by atoms with van der Waals surface area (Å²) in [4.78, 5) is 51.8. The number of alkyl halides is 2. The highest BCUT2D eigenvalue weighted by molar-refractivity contribution is 6.67. The summed E-state index contributed by atoms with van der Waals surface area (Å²) in [5.74, 6) is 2.34. The lowest BCUT2D eigenvalue weighted by Crippen LogP contribution is -2.52. The highest BCUT2D eigenvalue weighted by Gasteiger charge is 2.44. The number of carbonyl (C=O) groups is 4. The number of ketones is 2. The van der Waals surface area contributed by atoms with Gasteiger partial charge in [0.15, 0.2) is 0 Å². The van der Waals surface area contributed by atoms with Crippen LogP contribution in [0.1, 0.15) is 158 Å². The van der Waals surface area contributed by atoms with Gasteiger partial charge >= 0.3 is 0 Å². The first-order valence-corrected chi connectivity index (χ1v) is 25.2. The molecule has 1 N–H and O–H groups in total. The first-order chi connectivity index (χ1) is 30.8. The number of ether oxygens (including phenoxy) is 4. The number of carbonyl (C=O) groups excluding carboxylic acids is 4. The zero-order valence-corrected chi connectivity index (χ0v) is 43.6. The van der Waals surface area contributed by atoms with Gasteiger partial charge in [-0.1, -0.05) is 34.6 Å². The summed E-state index contributed by atoms with van der Waals surface area (Å²) in [6, 6.07) is 10.8. The van der Waals surface area contributed by atoms with E-state index in [4.69, 9.17) is 53.8 Å². The van der Waals surface area contributed by atoms with Gasteiger partial charge in [0.05, 0.1) is 41.0 Å². The van der Waals surface area contributed by atoms with Crippen LogP contribution in [0.3, 0.4) is 0 Å². The molecule has 0 saturated carbocycles. The van der Waals surface area contributed by atoms with Crippen molar-refractivity contribution in [1.82, 2.24) is 15.1 Å². The van der Waals surface area contributed by atoms with Crippen molar-refractivity contribution >= 4 is 57.5 Å². The average molecular weight is 970 g/mol. The minimum Gasteiger partial charge on any atom is -0.491 e. The summed E-state index contributed by atoms with van der Waals surface area (Å²) in [6.07, 6.45) is 8.02. The van der Waals surface area contributed by atoms with Gasteiger partial charge in [-0.05, 0) is 172 Å². The van der Waals surface area contributed by atoms with Crippen LogP contribution in [0, 0.1) is 13.8 Å². The molecule has 2 aromatic rings. The van der Waals surface area contributed by atoms with Gasteiger partial charge in [-0.15, -0.1) is 23.2 Å². The number of Topliss-reactive ketones (excluding diaryl/α,β-unsaturated/α-hetero) is 2. The molecule has 0 radical (unpaired) electrons. The number of rotatable bonds is 11. The number of aryl methyl sites for hydroxylation is 2. The molecular weight excluding hydrogens is 889 g/mol. The molecule has 6 rings (SSSR count). The van der Waals surface area contributed by atoms with Crippen molar-refractivity contribution < 1.29 is 38.1 Å². The molecule has 2 unspecified atom stereocenters. The zero-order chi connectivity index (χ0) is 48.7. The molecule has 2 spiro atoms. The van der Waals surface area contributed by atoms with Crippen LogP contribution in [0.5, 0.6) is 11.5 Å². The third kappa shape index (κ3) is 20.2. The fourth-order valence-electron chi connectivity index (χ4n) is 8.47. The summed E-state index contributed by atoms with van der Waals surface area (Å²) in [5.41, 5.74) is 2.60. The van der Waals surface area contributed by atoms with Crippen LogP contribution < -0.4 is 14.8 Å². The van der Waals surface area contributed by atoms with Gasteiger partial charge in [-0.25, -0.2) is 0 Å². The Morgan fingerprint density at radius 2 is 1.12 bits per heavy atom. The van der Waals surface area contributed by atoms with E-state index in [1.165, 1.54) is 19.6 Å². The summed E-state index contributed by atoms with van der Waals surface area (Å²) < 4.78 is 23.6. The fraction of sp³-hybridized carbons (Fsp3) is 0.686. The largest absolute Gasteiger partial charge is 0.491 e. The Balaban J connectivity index is 0.000000323. The summed E-state index contributed by atoms with van der Waals surface area (Å²) in [6.45, 7) is 29.3. The topological polar surface area (TPSA) is 124 Å². The molecule has 4 aliphatic heterocycles. The number of piperidine rings is 2. The predicted octanol–water partition coefficient (Wildman–Crippen LogP) is 11.1. The number of halogens is 3. The molecule has 0 aliphatic carbocycles. The van der Waals surface area contributed by atoms with Crippen molar-refractivity contribution in [3.63, 3.8) is 0 Å². The van der Waals surface area contributed by atoms with E-state index in [9.17, 15) is 19.2 Å². The summed E-state index contributed by atoms with van der Waals surface area (Å²) in [5, 5.41) is 3.07. The van der Waals surface area contributed by atoms with Crippen molar-refractivity contribution in [2.24, 2.45) is 0 Å². The number of nitrogens with one attached hydrogen (secondary N) is 1. The van der Waals surface area contributed by atoms with E-state index in [-0.39, 0.29) is 46.9 Å². The van der Waals surface area contributed by atoms with Gasteiger partial charge in [0, 0.05) is 49.9 Å². The molecule has 14 heteroatoms. The average Bonchev–Trinajstić information content (AvgIpc) is 3.26. The maximum Gasteiger partial charge on any atom is 0.253 e. The van der Waals surface area contributed by atoms with Crippen molar-refractivity contribution in [2.45, 2.75) is 176 Å². The standard InChI is InChI=1S/C22H31NO4.C11H13ClO2.C11H19NO2.C6H15N.CH2Cl2/c1-5-19-13-18(24)14-22(27-19)8-10-23(11-9-22)21(25)17-6-7-20(16(4)12-17)26-15(2)3;1-7(2)14-10-5-4-9(11(12)13)6-8(10)3;1-2-10-7-9(13)8-11(14-10)3-5-12-6-4-11;1-4-7(5-2)6-3;2-1-3/h6-7,12,15,19H,5,8-11,13-14H2,1-4H3;4-7H,1-3H3;10,12H,2-8H2,1H3;4-6H2,1-3H3;1H2. The minimum atomic E-state index is -0.441. The molecule has 2 atom stereocenters. The molecule has 65 heavy (non-hydrogen) atoms. The molecule has 0 aromatic heterocycles. The quantitative estimate of drug-likeness (QED) is 0.172. The lowest BCUT2D eigenvalue weighted by Gasteiger charge is -2.45. The number of hydrogen-bond acceptors (Lipinski definition) is 10. The number of nitrogens with zero attached hydrogens (tertiary/aromatic N) is 2. The van der Waals surface area contributed by atoms with Crippen LogP contribution in [0.4, 0.5) is 0 Å². The zero-order valence-electron chi connectivity index (χ0n) is 41.3. The monoisotopic (exact) mass is 968 g/mol. The van der Waals surface area contributed by atoms with Gasteiger partial charge in [0.25, 0.3) is 11.1 Å². The lowest BCUT2D eigenvalue weighted by molar-refractivity contribution is -0.166. The van der Waals surface area contributed by atoms with E-state index in [0.29, 0.717) is 61.5 Å². The molecular formula is C51H80Cl3N3O8. The Labute approximate surface area is 406 Å². The molecule has 4 saturated heterocycles. The Morgan fingerprint density at radius 1 is 0.723 bits per heavy atom. The van der Waals surface area contributed by atoms with E-state index in [0.717, 1.165) is 74.2 Å². The van der Waals surface area contributed by atoms with Gasteiger partial charge in [0.2, 0.25) is 0 Å². The molecule has 368 valence electrons.